The zero-order valence-corrected chi connectivity index (χ0v) is 15.0. The van der Waals surface area contributed by atoms with E-state index in [-0.39, 0.29) is 19.3 Å². The minimum Gasteiger partial charge on any atom is -0.387 e. The fourth-order valence-electron chi connectivity index (χ4n) is 2.63. The molecule has 0 aromatic rings. The van der Waals surface area contributed by atoms with Crippen LogP contribution in [-0.2, 0) is 13.8 Å². The summed E-state index contributed by atoms with van der Waals surface area (Å²) in [6.07, 6.45) is -3.69. The molecule has 0 saturated carbocycles. The van der Waals surface area contributed by atoms with Gasteiger partial charge in [0.15, 0.2) is 5.34 Å². The van der Waals surface area contributed by atoms with Gasteiger partial charge in [-0.3, -0.25) is 4.57 Å². The molecule has 1 fully saturated rings. The number of aliphatic hydroxyl groups excluding tert-OH is 1. The number of rotatable bonds is 8. The Kier molecular flexibility index (Phi) is 6.87. The minimum atomic E-state index is -4.37. The molecule has 1 saturated heterocycles. The molecule has 0 aromatic carbocycles. The Morgan fingerprint density at radius 3 is 2.17 bits per heavy atom. The van der Waals surface area contributed by atoms with Crippen molar-refractivity contribution >= 4 is 15.4 Å². The van der Waals surface area contributed by atoms with Crippen LogP contribution in [0.1, 0.15) is 53.4 Å². The molecule has 9 heteroatoms. The Morgan fingerprint density at radius 2 is 1.83 bits per heavy atom. The van der Waals surface area contributed by atoms with Gasteiger partial charge in [-0.05, 0) is 26.2 Å². The van der Waals surface area contributed by atoms with Gasteiger partial charge in [-0.1, -0.05) is 20.8 Å². The smallest absolute Gasteiger partial charge is 0.359 e. The van der Waals surface area contributed by atoms with Gasteiger partial charge in [0.25, 0.3) is 0 Å². The van der Waals surface area contributed by atoms with E-state index in [2.05, 4.69) is 0 Å². The summed E-state index contributed by atoms with van der Waals surface area (Å²) in [6, 6.07) is -1.24. The molecule has 2 radical (unpaired) electrons. The van der Waals surface area contributed by atoms with Gasteiger partial charge >= 0.3 is 7.60 Å². The van der Waals surface area contributed by atoms with E-state index in [1.165, 1.54) is 0 Å². The zero-order valence-electron chi connectivity index (χ0n) is 14.1. The van der Waals surface area contributed by atoms with Crippen molar-refractivity contribution < 1.29 is 33.3 Å². The fourth-order valence-corrected chi connectivity index (χ4v) is 4.40. The van der Waals surface area contributed by atoms with Crippen LogP contribution in [-0.4, -0.2) is 58.3 Å². The second-order valence-electron chi connectivity index (χ2n) is 6.38. The summed E-state index contributed by atoms with van der Waals surface area (Å²) in [7, 11) is 1.05. The van der Waals surface area contributed by atoms with E-state index in [0.29, 0.717) is 6.42 Å². The fraction of sp³-hybridized carbons (Fsp3) is 1.00. The standard InChI is InChI=1S/C14H27BFO6P/c1-5-13(4,8-9-11(17)10(16)12(15)21-9)22-23(19,20)14(18,6-2)7-3/h9-12,17-18H,5-8H2,1-4H3,(H,19,20)/t9-,10-,11-,12-,13?/m1/s1. The molecule has 134 valence electrons. The highest BCUT2D eigenvalue weighted by atomic mass is 31.2. The molecule has 1 rings (SSSR count). The van der Waals surface area contributed by atoms with Crippen LogP contribution >= 0.6 is 7.60 Å². The van der Waals surface area contributed by atoms with Crippen LogP contribution in [0.15, 0.2) is 0 Å². The summed E-state index contributed by atoms with van der Waals surface area (Å²) in [4.78, 5) is 10.2. The maximum Gasteiger partial charge on any atom is 0.359 e. The molecule has 6 nitrogen and oxygen atoms in total. The van der Waals surface area contributed by atoms with Crippen molar-refractivity contribution in [1.82, 2.24) is 0 Å². The summed E-state index contributed by atoms with van der Waals surface area (Å²) in [5.74, 6) is 0. The van der Waals surface area contributed by atoms with Crippen molar-refractivity contribution in [3.63, 3.8) is 0 Å². The molecule has 2 unspecified atom stereocenters. The normalized spacial score (nSPS) is 34.1. The maximum atomic E-state index is 13.6. The van der Waals surface area contributed by atoms with E-state index in [1.807, 2.05) is 0 Å². The lowest BCUT2D eigenvalue weighted by Gasteiger charge is -2.38. The first-order valence-electron chi connectivity index (χ1n) is 7.94. The van der Waals surface area contributed by atoms with E-state index in [1.54, 1.807) is 27.7 Å². The van der Waals surface area contributed by atoms with Crippen molar-refractivity contribution in [3.8, 4) is 0 Å². The van der Waals surface area contributed by atoms with E-state index < -0.39 is 42.9 Å². The highest BCUT2D eigenvalue weighted by Gasteiger charge is 2.50. The molecule has 0 aromatic heterocycles. The second-order valence-corrected chi connectivity index (χ2v) is 8.44. The number of hydrogen-bond donors (Lipinski definition) is 3. The molecule has 0 aliphatic carbocycles. The van der Waals surface area contributed by atoms with Crippen molar-refractivity contribution in [2.75, 3.05) is 0 Å². The largest absolute Gasteiger partial charge is 0.387 e. The number of alkyl halides is 1. The average Bonchev–Trinajstić information content (AvgIpc) is 2.72. The van der Waals surface area contributed by atoms with Crippen LogP contribution < -0.4 is 0 Å². The third-order valence-electron chi connectivity index (χ3n) is 4.74. The predicted octanol–water partition coefficient (Wildman–Crippen LogP) is 1.85. The molecule has 1 aliphatic rings. The molecular weight excluding hydrogens is 325 g/mol. The summed E-state index contributed by atoms with van der Waals surface area (Å²) in [5, 5.41) is 18.3. The molecule has 23 heavy (non-hydrogen) atoms. The first-order chi connectivity index (χ1) is 10.4. The number of halogens is 1. The molecule has 0 spiro atoms. The lowest BCUT2D eigenvalue weighted by molar-refractivity contribution is -0.0450. The Morgan fingerprint density at radius 1 is 1.30 bits per heavy atom. The number of ether oxygens (including phenoxy) is 1. The predicted molar refractivity (Wildman–Crippen MR) is 85.1 cm³/mol. The van der Waals surface area contributed by atoms with Crippen molar-refractivity contribution in [2.45, 2.75) is 88.7 Å². The van der Waals surface area contributed by atoms with Gasteiger partial charge in [-0.15, -0.1) is 0 Å². The first-order valence-corrected chi connectivity index (χ1v) is 9.52. The summed E-state index contributed by atoms with van der Waals surface area (Å²) in [5.41, 5.74) is -1.18. The second kappa shape index (κ2) is 7.50. The van der Waals surface area contributed by atoms with Gasteiger partial charge in [-0.2, -0.15) is 0 Å². The Hall–Kier alpha value is 0.0249. The SMILES string of the molecule is [B][C@@H]1O[C@H](CC(C)(CC)OP(=O)(O)C(O)(CC)CC)[C@@H](O)[C@H]1F. The zero-order chi connectivity index (χ0) is 18.1. The molecule has 3 N–H and O–H groups in total. The van der Waals surface area contributed by atoms with E-state index >= 15 is 0 Å². The van der Waals surface area contributed by atoms with Crippen LogP contribution in [0.2, 0.25) is 0 Å². The van der Waals surface area contributed by atoms with Crippen molar-refractivity contribution in [1.29, 1.82) is 0 Å². The lowest BCUT2D eigenvalue weighted by atomic mass is 9.90. The van der Waals surface area contributed by atoms with Crippen molar-refractivity contribution in [2.24, 2.45) is 0 Å². The highest BCUT2D eigenvalue weighted by molar-refractivity contribution is 7.54. The number of aliphatic hydroxyl groups is 2. The van der Waals surface area contributed by atoms with Gasteiger partial charge in [-0.25, -0.2) is 4.39 Å². The minimum absolute atomic E-state index is 0.0210. The molecular formula is C14H27BFO6P. The molecule has 0 bridgehead atoms. The van der Waals surface area contributed by atoms with Crippen LogP contribution in [0.5, 0.6) is 0 Å². The van der Waals surface area contributed by atoms with Gasteiger partial charge in [0, 0.05) is 6.42 Å². The molecule has 0 amide bonds. The Bertz CT molecular complexity index is 449. The van der Waals surface area contributed by atoms with E-state index in [9.17, 15) is 24.1 Å². The monoisotopic (exact) mass is 352 g/mol. The highest BCUT2D eigenvalue weighted by Crippen LogP contribution is 2.60. The first kappa shape index (κ1) is 21.1. The van der Waals surface area contributed by atoms with Crippen LogP contribution in [0.25, 0.3) is 0 Å². The Balaban J connectivity index is 2.92. The Labute approximate surface area is 138 Å². The van der Waals surface area contributed by atoms with Crippen LogP contribution in [0, 0.1) is 0 Å². The van der Waals surface area contributed by atoms with Crippen molar-refractivity contribution in [3.05, 3.63) is 0 Å². The maximum absolute atomic E-state index is 13.6. The third-order valence-corrected chi connectivity index (χ3v) is 7.11. The molecule has 6 atom stereocenters. The summed E-state index contributed by atoms with van der Waals surface area (Å²) >= 11 is 0. The van der Waals surface area contributed by atoms with Crippen LogP contribution in [0.3, 0.4) is 0 Å². The van der Waals surface area contributed by atoms with E-state index in [0.717, 1.165) is 0 Å². The number of hydrogen-bond acceptors (Lipinski definition) is 5. The summed E-state index contributed by atoms with van der Waals surface area (Å²) in [6.45, 7) is 6.48. The average molecular weight is 352 g/mol. The van der Waals surface area contributed by atoms with Gasteiger partial charge in [0.1, 0.15) is 20.1 Å². The topological polar surface area (TPSA) is 96.2 Å². The van der Waals surface area contributed by atoms with Gasteiger partial charge in [0.05, 0.1) is 17.7 Å². The lowest BCUT2D eigenvalue weighted by Crippen LogP contribution is -2.40. The van der Waals surface area contributed by atoms with Gasteiger partial charge in [0.2, 0.25) is 0 Å². The molecule has 1 heterocycles. The van der Waals surface area contributed by atoms with Crippen LogP contribution in [0.4, 0.5) is 4.39 Å². The summed E-state index contributed by atoms with van der Waals surface area (Å²) < 4.78 is 36.7. The molecule has 1 aliphatic heterocycles. The quantitative estimate of drug-likeness (QED) is 0.456. The van der Waals surface area contributed by atoms with Gasteiger partial charge < -0.3 is 24.4 Å². The van der Waals surface area contributed by atoms with E-state index in [4.69, 9.17) is 17.1 Å². The third kappa shape index (κ3) is 4.36.